The minimum atomic E-state index is -0.339. The fourth-order valence-electron chi connectivity index (χ4n) is 1.90. The van der Waals surface area contributed by atoms with Crippen LogP contribution in [0.3, 0.4) is 0 Å². The summed E-state index contributed by atoms with van der Waals surface area (Å²) in [7, 11) is 0. The van der Waals surface area contributed by atoms with Crippen molar-refractivity contribution in [3.8, 4) is 0 Å². The highest BCUT2D eigenvalue weighted by molar-refractivity contribution is 5.94. The Kier molecular flexibility index (Phi) is 2.18. The summed E-state index contributed by atoms with van der Waals surface area (Å²) in [5.74, 6) is 0. The second-order valence-corrected chi connectivity index (χ2v) is 4.21. The van der Waals surface area contributed by atoms with Gasteiger partial charge in [0.1, 0.15) is 5.69 Å². The topological polar surface area (TPSA) is 68.1 Å². The fraction of sp³-hybridized carbons (Fsp3) is 0.250. The second kappa shape index (κ2) is 3.69. The minimum absolute atomic E-state index is 0.127. The van der Waals surface area contributed by atoms with Crippen LogP contribution in [0.5, 0.6) is 0 Å². The first-order valence-electron chi connectivity index (χ1n) is 5.54. The van der Waals surface area contributed by atoms with Gasteiger partial charge in [0.05, 0.1) is 15.8 Å². The molecule has 3 rings (SSSR count). The van der Waals surface area contributed by atoms with Gasteiger partial charge in [-0.2, -0.15) is 0 Å². The summed E-state index contributed by atoms with van der Waals surface area (Å²) in [5, 5.41) is 15.0. The van der Waals surface area contributed by atoms with Gasteiger partial charge in [0.2, 0.25) is 0 Å². The van der Waals surface area contributed by atoms with Crippen molar-refractivity contribution in [2.24, 2.45) is 0 Å². The summed E-state index contributed by atoms with van der Waals surface area (Å²) in [5.41, 5.74) is 1.38. The van der Waals surface area contributed by atoms with Crippen LogP contribution in [0.15, 0.2) is 30.5 Å². The Bertz CT molecular complexity index is 593. The molecule has 1 fully saturated rings. The Morgan fingerprint density at radius 2 is 2.18 bits per heavy atom. The molecule has 0 atom stereocenters. The number of benzene rings is 1. The summed E-state index contributed by atoms with van der Waals surface area (Å²) >= 11 is 0. The maximum absolute atomic E-state index is 11.2. The zero-order valence-corrected chi connectivity index (χ0v) is 9.09. The molecular weight excluding hydrogens is 218 g/mol. The molecule has 0 unspecified atom stereocenters. The Balaban J connectivity index is 2.20. The molecule has 1 aromatic heterocycles. The lowest BCUT2D eigenvalue weighted by Crippen LogP contribution is -2.04. The van der Waals surface area contributed by atoms with Crippen LogP contribution in [0.2, 0.25) is 0 Å². The van der Waals surface area contributed by atoms with Gasteiger partial charge in [-0.1, -0.05) is 0 Å². The third-order valence-electron chi connectivity index (χ3n) is 2.88. The monoisotopic (exact) mass is 229 g/mol. The van der Waals surface area contributed by atoms with Crippen LogP contribution >= 0.6 is 0 Å². The number of nitro benzene ring substituents is 1. The van der Waals surface area contributed by atoms with Gasteiger partial charge in [0.15, 0.2) is 0 Å². The van der Waals surface area contributed by atoms with Crippen molar-refractivity contribution in [3.05, 3.63) is 40.6 Å². The first kappa shape index (κ1) is 10.0. The van der Waals surface area contributed by atoms with Crippen LogP contribution in [0.1, 0.15) is 12.8 Å². The lowest BCUT2D eigenvalue weighted by molar-refractivity contribution is -0.382. The van der Waals surface area contributed by atoms with E-state index in [1.54, 1.807) is 24.4 Å². The summed E-state index contributed by atoms with van der Waals surface area (Å²) in [6.07, 6.45) is 3.81. The van der Waals surface area contributed by atoms with E-state index < -0.39 is 0 Å². The van der Waals surface area contributed by atoms with E-state index in [9.17, 15) is 10.1 Å². The lowest BCUT2D eigenvalue weighted by Gasteiger charge is -2.07. The maximum Gasteiger partial charge on any atom is 0.301 e. The molecule has 5 nitrogen and oxygen atoms in total. The molecule has 0 radical (unpaired) electrons. The number of rotatable bonds is 3. The van der Waals surface area contributed by atoms with Gasteiger partial charge in [0, 0.05) is 12.2 Å². The summed E-state index contributed by atoms with van der Waals surface area (Å²) < 4.78 is 0. The molecule has 2 aromatic rings. The molecule has 0 saturated heterocycles. The van der Waals surface area contributed by atoms with Gasteiger partial charge >= 0.3 is 5.69 Å². The molecule has 1 N–H and O–H groups in total. The Hall–Kier alpha value is -2.17. The van der Waals surface area contributed by atoms with E-state index in [2.05, 4.69) is 10.3 Å². The van der Waals surface area contributed by atoms with E-state index >= 15 is 0 Å². The largest absolute Gasteiger partial charge is 0.377 e. The van der Waals surface area contributed by atoms with Crippen molar-refractivity contribution in [1.29, 1.82) is 0 Å². The van der Waals surface area contributed by atoms with Crippen LogP contribution in [-0.4, -0.2) is 15.9 Å². The first-order chi connectivity index (χ1) is 8.25. The average molecular weight is 229 g/mol. The number of nitrogens with one attached hydrogen (secondary N) is 1. The molecule has 0 spiro atoms. The molecule has 0 amide bonds. The fourth-order valence-corrected chi connectivity index (χ4v) is 1.90. The zero-order chi connectivity index (χ0) is 11.8. The highest BCUT2D eigenvalue weighted by Gasteiger charge is 2.26. The van der Waals surface area contributed by atoms with Crippen molar-refractivity contribution in [2.75, 3.05) is 5.32 Å². The SMILES string of the molecule is O=[N+]([O-])c1c(NC2CC2)ccc2ncccc12. The number of hydrogen-bond acceptors (Lipinski definition) is 4. The number of nitro groups is 1. The van der Waals surface area contributed by atoms with Gasteiger partial charge in [-0.3, -0.25) is 15.1 Å². The highest BCUT2D eigenvalue weighted by Crippen LogP contribution is 2.35. The van der Waals surface area contributed by atoms with Crippen LogP contribution < -0.4 is 5.32 Å². The average Bonchev–Trinajstić information content (AvgIpc) is 3.12. The second-order valence-electron chi connectivity index (χ2n) is 4.21. The molecule has 86 valence electrons. The van der Waals surface area contributed by atoms with E-state index in [1.165, 1.54) is 0 Å². The molecule has 1 saturated carbocycles. The van der Waals surface area contributed by atoms with Gasteiger partial charge in [-0.05, 0) is 37.1 Å². The number of pyridine rings is 1. The first-order valence-corrected chi connectivity index (χ1v) is 5.54. The van der Waals surface area contributed by atoms with Crippen molar-refractivity contribution in [1.82, 2.24) is 4.98 Å². The van der Waals surface area contributed by atoms with Crippen molar-refractivity contribution in [2.45, 2.75) is 18.9 Å². The van der Waals surface area contributed by atoms with Crippen molar-refractivity contribution >= 4 is 22.3 Å². The summed E-state index contributed by atoms with van der Waals surface area (Å²) in [6, 6.07) is 7.40. The molecule has 1 aliphatic rings. The smallest absolute Gasteiger partial charge is 0.301 e. The molecule has 0 bridgehead atoms. The summed E-state index contributed by atoms with van der Waals surface area (Å²) in [4.78, 5) is 15.0. The standard InChI is InChI=1S/C12H11N3O2/c16-15(17)12-9-2-1-7-13-10(9)5-6-11(12)14-8-3-4-8/h1-2,5-8,14H,3-4H2. The molecular formula is C12H11N3O2. The van der Waals surface area contributed by atoms with Crippen LogP contribution in [0.25, 0.3) is 10.9 Å². The predicted molar refractivity (Wildman–Crippen MR) is 65.0 cm³/mol. The summed E-state index contributed by atoms with van der Waals surface area (Å²) in [6.45, 7) is 0. The van der Waals surface area contributed by atoms with E-state index in [4.69, 9.17) is 0 Å². The Labute approximate surface area is 97.6 Å². The number of nitrogens with zero attached hydrogens (tertiary/aromatic N) is 2. The molecule has 1 aromatic carbocycles. The van der Waals surface area contributed by atoms with Gasteiger partial charge < -0.3 is 5.32 Å². The lowest BCUT2D eigenvalue weighted by atomic mass is 10.1. The Morgan fingerprint density at radius 1 is 1.35 bits per heavy atom. The third kappa shape index (κ3) is 1.80. The Morgan fingerprint density at radius 3 is 2.88 bits per heavy atom. The van der Waals surface area contributed by atoms with Crippen LogP contribution in [-0.2, 0) is 0 Å². The number of aromatic nitrogens is 1. The van der Waals surface area contributed by atoms with Crippen LogP contribution in [0, 0.1) is 10.1 Å². The molecule has 1 aliphatic carbocycles. The molecule has 0 aliphatic heterocycles. The van der Waals surface area contributed by atoms with Crippen molar-refractivity contribution in [3.63, 3.8) is 0 Å². The number of fused-ring (bicyclic) bond motifs is 1. The van der Waals surface area contributed by atoms with Gasteiger partial charge in [-0.15, -0.1) is 0 Å². The van der Waals surface area contributed by atoms with Crippen molar-refractivity contribution < 1.29 is 4.92 Å². The molecule has 17 heavy (non-hydrogen) atoms. The third-order valence-corrected chi connectivity index (χ3v) is 2.88. The molecule has 1 heterocycles. The number of hydrogen-bond donors (Lipinski definition) is 1. The minimum Gasteiger partial charge on any atom is -0.377 e. The normalized spacial score (nSPS) is 14.8. The maximum atomic E-state index is 11.2. The zero-order valence-electron chi connectivity index (χ0n) is 9.09. The highest BCUT2D eigenvalue weighted by atomic mass is 16.6. The number of anilines is 1. The van der Waals surface area contributed by atoms with Gasteiger partial charge in [0.25, 0.3) is 0 Å². The molecule has 5 heteroatoms. The predicted octanol–water partition coefficient (Wildman–Crippen LogP) is 2.72. The van der Waals surface area contributed by atoms with E-state index in [0.29, 0.717) is 22.6 Å². The van der Waals surface area contributed by atoms with Crippen LogP contribution in [0.4, 0.5) is 11.4 Å². The van der Waals surface area contributed by atoms with E-state index in [0.717, 1.165) is 12.8 Å². The quantitative estimate of drug-likeness (QED) is 0.649. The van der Waals surface area contributed by atoms with E-state index in [1.807, 2.05) is 6.07 Å². The van der Waals surface area contributed by atoms with Gasteiger partial charge in [-0.25, -0.2) is 0 Å². The van der Waals surface area contributed by atoms with E-state index in [-0.39, 0.29) is 10.6 Å².